The molecule has 0 fully saturated rings. The minimum Gasteiger partial charge on any atom is -0.490 e. The van der Waals surface area contributed by atoms with Crippen molar-refractivity contribution >= 4 is 17.8 Å². The molecule has 0 saturated heterocycles. The average Bonchev–Trinajstić information content (AvgIpc) is 2.91. The standard InChI is InChI=1S/C21H19FO5/c1-14(21(24)16-5-7-17(22)8-6-16)27-20(23)10-4-15-3-9-18-19(13-15)26-12-2-11-25-18/h3-10,13-14H,2,11-12H2,1H3/b10-4+/t14-/m1/s1. The van der Waals surface area contributed by atoms with Crippen molar-refractivity contribution in [2.75, 3.05) is 13.2 Å². The summed E-state index contributed by atoms with van der Waals surface area (Å²) in [6.45, 7) is 2.66. The molecule has 1 aliphatic heterocycles. The first-order valence-electron chi connectivity index (χ1n) is 8.61. The maximum Gasteiger partial charge on any atom is 0.331 e. The summed E-state index contributed by atoms with van der Waals surface area (Å²) in [4.78, 5) is 24.2. The van der Waals surface area contributed by atoms with Crippen LogP contribution in [-0.4, -0.2) is 31.1 Å². The summed E-state index contributed by atoms with van der Waals surface area (Å²) in [5.74, 6) is -0.180. The van der Waals surface area contributed by atoms with Crippen LogP contribution in [0.25, 0.3) is 6.08 Å². The molecule has 1 heterocycles. The lowest BCUT2D eigenvalue weighted by Gasteiger charge is -2.11. The van der Waals surface area contributed by atoms with Gasteiger partial charge in [0.2, 0.25) is 5.78 Å². The van der Waals surface area contributed by atoms with E-state index in [1.54, 1.807) is 24.3 Å². The fourth-order valence-electron chi connectivity index (χ4n) is 2.56. The SMILES string of the molecule is C[C@@H](OC(=O)/C=C/c1ccc2c(c1)OCCCO2)C(=O)c1ccc(F)cc1. The molecule has 2 aromatic rings. The Morgan fingerprint density at radius 3 is 2.52 bits per heavy atom. The molecule has 5 nitrogen and oxygen atoms in total. The number of ether oxygens (including phenoxy) is 3. The van der Waals surface area contributed by atoms with Crippen LogP contribution in [0.2, 0.25) is 0 Å². The number of carbonyl (C=O) groups is 2. The van der Waals surface area contributed by atoms with Crippen LogP contribution in [0.3, 0.4) is 0 Å². The number of rotatable bonds is 5. The molecule has 1 aliphatic rings. The van der Waals surface area contributed by atoms with Crippen LogP contribution in [-0.2, 0) is 9.53 Å². The van der Waals surface area contributed by atoms with E-state index >= 15 is 0 Å². The van der Waals surface area contributed by atoms with Crippen LogP contribution < -0.4 is 9.47 Å². The van der Waals surface area contributed by atoms with Crippen molar-refractivity contribution in [2.24, 2.45) is 0 Å². The van der Waals surface area contributed by atoms with Crippen LogP contribution in [0.1, 0.15) is 29.3 Å². The summed E-state index contributed by atoms with van der Waals surface area (Å²) in [5.41, 5.74) is 1.03. The van der Waals surface area contributed by atoms with Gasteiger partial charge in [-0.05, 0) is 55.0 Å². The van der Waals surface area contributed by atoms with Crippen molar-refractivity contribution in [3.8, 4) is 11.5 Å². The normalized spacial score (nSPS) is 14.4. The molecule has 0 saturated carbocycles. The van der Waals surface area contributed by atoms with E-state index < -0.39 is 23.7 Å². The fraction of sp³-hybridized carbons (Fsp3) is 0.238. The van der Waals surface area contributed by atoms with Crippen molar-refractivity contribution in [3.05, 3.63) is 65.5 Å². The molecular formula is C21H19FO5. The van der Waals surface area contributed by atoms with Gasteiger partial charge in [0.05, 0.1) is 13.2 Å². The molecule has 0 N–H and O–H groups in total. The quantitative estimate of drug-likeness (QED) is 0.455. The molecule has 0 aliphatic carbocycles. The van der Waals surface area contributed by atoms with Crippen molar-refractivity contribution in [1.29, 1.82) is 0 Å². The highest BCUT2D eigenvalue weighted by Crippen LogP contribution is 2.30. The van der Waals surface area contributed by atoms with E-state index in [0.717, 1.165) is 12.0 Å². The van der Waals surface area contributed by atoms with Crippen molar-refractivity contribution < 1.29 is 28.2 Å². The molecule has 1 atom stereocenters. The third-order valence-corrected chi connectivity index (χ3v) is 3.97. The molecule has 0 amide bonds. The number of esters is 1. The highest BCUT2D eigenvalue weighted by atomic mass is 19.1. The maximum atomic E-state index is 12.9. The minimum atomic E-state index is -0.976. The van der Waals surface area contributed by atoms with Crippen LogP contribution in [0.15, 0.2) is 48.5 Å². The average molecular weight is 370 g/mol. The van der Waals surface area contributed by atoms with Crippen LogP contribution in [0.5, 0.6) is 11.5 Å². The highest BCUT2D eigenvalue weighted by Gasteiger charge is 2.18. The van der Waals surface area contributed by atoms with E-state index in [-0.39, 0.29) is 5.56 Å². The Bertz CT molecular complexity index is 857. The Kier molecular flexibility index (Phi) is 5.86. The molecule has 3 rings (SSSR count). The number of ketones is 1. The monoisotopic (exact) mass is 370 g/mol. The summed E-state index contributed by atoms with van der Waals surface area (Å²) in [5, 5.41) is 0. The van der Waals surface area contributed by atoms with Gasteiger partial charge < -0.3 is 14.2 Å². The predicted molar refractivity (Wildman–Crippen MR) is 97.4 cm³/mol. The molecule has 0 spiro atoms. The van der Waals surface area contributed by atoms with Gasteiger partial charge in [-0.3, -0.25) is 4.79 Å². The number of halogens is 1. The first-order valence-corrected chi connectivity index (χ1v) is 8.61. The molecule has 0 aromatic heterocycles. The Morgan fingerprint density at radius 1 is 1.07 bits per heavy atom. The van der Waals surface area contributed by atoms with Gasteiger partial charge in [0.1, 0.15) is 5.82 Å². The fourth-order valence-corrected chi connectivity index (χ4v) is 2.56. The largest absolute Gasteiger partial charge is 0.490 e. The minimum absolute atomic E-state index is 0.281. The molecule has 2 aromatic carbocycles. The molecule has 0 unspecified atom stereocenters. The third kappa shape index (κ3) is 4.94. The van der Waals surface area contributed by atoms with Crippen molar-refractivity contribution in [2.45, 2.75) is 19.4 Å². The van der Waals surface area contributed by atoms with Gasteiger partial charge in [-0.1, -0.05) is 6.07 Å². The number of Topliss-reactive ketones (excluding diaryl/α,β-unsaturated/α-hetero) is 1. The van der Waals surface area contributed by atoms with Crippen LogP contribution in [0.4, 0.5) is 4.39 Å². The number of carbonyl (C=O) groups excluding carboxylic acids is 2. The topological polar surface area (TPSA) is 61.8 Å². The summed E-state index contributed by atoms with van der Waals surface area (Å²) >= 11 is 0. The number of benzene rings is 2. The van der Waals surface area contributed by atoms with Gasteiger partial charge in [0.15, 0.2) is 17.6 Å². The molecule has 0 bridgehead atoms. The Morgan fingerprint density at radius 2 is 1.78 bits per heavy atom. The summed E-state index contributed by atoms with van der Waals surface area (Å²) in [7, 11) is 0. The zero-order chi connectivity index (χ0) is 19.2. The van der Waals surface area contributed by atoms with E-state index in [0.29, 0.717) is 24.7 Å². The van der Waals surface area contributed by atoms with Gasteiger partial charge in [0, 0.05) is 18.1 Å². The van der Waals surface area contributed by atoms with E-state index in [1.165, 1.54) is 37.3 Å². The first kappa shape index (κ1) is 18.6. The Balaban J connectivity index is 1.60. The highest BCUT2D eigenvalue weighted by molar-refractivity contribution is 6.01. The number of fused-ring (bicyclic) bond motifs is 1. The van der Waals surface area contributed by atoms with Crippen molar-refractivity contribution in [1.82, 2.24) is 0 Å². The smallest absolute Gasteiger partial charge is 0.331 e. The molecular weight excluding hydrogens is 351 g/mol. The van der Waals surface area contributed by atoms with E-state index in [4.69, 9.17) is 14.2 Å². The summed E-state index contributed by atoms with van der Waals surface area (Å²) in [6.07, 6.45) is 2.66. The summed E-state index contributed by atoms with van der Waals surface area (Å²) < 4.78 is 29.2. The molecule has 6 heteroatoms. The first-order chi connectivity index (χ1) is 13.0. The van der Waals surface area contributed by atoms with Gasteiger partial charge in [-0.25, -0.2) is 9.18 Å². The zero-order valence-corrected chi connectivity index (χ0v) is 14.8. The maximum absolute atomic E-state index is 12.9. The van der Waals surface area contributed by atoms with E-state index in [1.807, 2.05) is 0 Å². The zero-order valence-electron chi connectivity index (χ0n) is 14.8. The van der Waals surface area contributed by atoms with Crippen LogP contribution in [0, 0.1) is 5.82 Å². The molecule has 0 radical (unpaired) electrons. The van der Waals surface area contributed by atoms with Gasteiger partial charge in [-0.15, -0.1) is 0 Å². The van der Waals surface area contributed by atoms with E-state index in [2.05, 4.69) is 0 Å². The Hall–Kier alpha value is -3.15. The van der Waals surface area contributed by atoms with Crippen molar-refractivity contribution in [3.63, 3.8) is 0 Å². The number of hydrogen-bond acceptors (Lipinski definition) is 5. The second-order valence-corrected chi connectivity index (χ2v) is 6.04. The molecule has 140 valence electrons. The summed E-state index contributed by atoms with van der Waals surface area (Å²) in [6, 6.07) is 10.4. The van der Waals surface area contributed by atoms with Gasteiger partial charge in [-0.2, -0.15) is 0 Å². The third-order valence-electron chi connectivity index (χ3n) is 3.97. The van der Waals surface area contributed by atoms with E-state index in [9.17, 15) is 14.0 Å². The predicted octanol–water partition coefficient (Wildman–Crippen LogP) is 3.81. The Labute approximate surface area is 156 Å². The second kappa shape index (κ2) is 8.49. The van der Waals surface area contributed by atoms with Gasteiger partial charge in [0.25, 0.3) is 0 Å². The number of hydrogen-bond donors (Lipinski definition) is 0. The lowest BCUT2D eigenvalue weighted by molar-refractivity contribution is -0.140. The lowest BCUT2D eigenvalue weighted by atomic mass is 10.1. The van der Waals surface area contributed by atoms with Gasteiger partial charge >= 0.3 is 5.97 Å². The molecule has 27 heavy (non-hydrogen) atoms. The lowest BCUT2D eigenvalue weighted by Crippen LogP contribution is -2.23. The second-order valence-electron chi connectivity index (χ2n) is 6.04. The van der Waals surface area contributed by atoms with Crippen LogP contribution >= 0.6 is 0 Å².